The van der Waals surface area contributed by atoms with E-state index in [1.54, 1.807) is 11.3 Å². The van der Waals surface area contributed by atoms with Gasteiger partial charge in [0.05, 0.1) is 18.6 Å². The van der Waals surface area contributed by atoms with Gasteiger partial charge in [-0.25, -0.2) is 0 Å². The lowest BCUT2D eigenvalue weighted by Crippen LogP contribution is -2.48. The Hall–Kier alpha value is -0.870. The average molecular weight is 239 g/mol. The Labute approximate surface area is 100 Å². The molecule has 1 fully saturated rings. The Morgan fingerprint density at radius 1 is 1.44 bits per heavy atom. The largest absolute Gasteiger partial charge is 0.378 e. The van der Waals surface area contributed by atoms with Crippen molar-refractivity contribution in [1.29, 1.82) is 0 Å². The molecule has 0 saturated carbocycles. The van der Waals surface area contributed by atoms with E-state index in [2.05, 4.69) is 5.38 Å². The van der Waals surface area contributed by atoms with Gasteiger partial charge in [-0.2, -0.15) is 11.3 Å². The molecule has 0 unspecified atom stereocenters. The van der Waals surface area contributed by atoms with Crippen LogP contribution in [0.5, 0.6) is 0 Å². The zero-order valence-electron chi connectivity index (χ0n) is 9.73. The third-order valence-electron chi connectivity index (χ3n) is 3.08. The Balaban J connectivity index is 2.13. The Morgan fingerprint density at radius 3 is 2.69 bits per heavy atom. The van der Waals surface area contributed by atoms with Crippen molar-refractivity contribution in [3.8, 4) is 0 Å². The van der Waals surface area contributed by atoms with Crippen molar-refractivity contribution in [1.82, 2.24) is 4.90 Å². The molecule has 1 amide bonds. The van der Waals surface area contributed by atoms with E-state index in [1.165, 1.54) is 0 Å². The third kappa shape index (κ3) is 2.13. The van der Waals surface area contributed by atoms with Crippen molar-refractivity contribution < 1.29 is 9.53 Å². The van der Waals surface area contributed by atoms with Gasteiger partial charge < -0.3 is 9.64 Å². The molecule has 1 saturated heterocycles. The topological polar surface area (TPSA) is 29.5 Å². The fraction of sp³-hybridized carbons (Fsp3) is 0.583. The SMILES string of the molecule is CC(C)(C(=O)N1CCOCC1)c1ccsc1. The van der Waals surface area contributed by atoms with E-state index in [4.69, 9.17) is 4.74 Å². The summed E-state index contributed by atoms with van der Waals surface area (Å²) in [6.07, 6.45) is 0. The van der Waals surface area contributed by atoms with Gasteiger partial charge in [0.1, 0.15) is 0 Å². The van der Waals surface area contributed by atoms with Crippen LogP contribution in [-0.4, -0.2) is 37.1 Å². The minimum Gasteiger partial charge on any atom is -0.378 e. The van der Waals surface area contributed by atoms with E-state index >= 15 is 0 Å². The zero-order chi connectivity index (χ0) is 11.6. The molecule has 2 rings (SSSR count). The number of ether oxygens (including phenoxy) is 1. The fourth-order valence-corrected chi connectivity index (χ4v) is 2.73. The standard InChI is InChI=1S/C12H17NO2S/c1-12(2,10-3-8-16-9-10)11(14)13-4-6-15-7-5-13/h3,8-9H,4-7H2,1-2H3. The predicted molar refractivity (Wildman–Crippen MR) is 64.7 cm³/mol. The molecule has 1 aromatic rings. The van der Waals surface area contributed by atoms with E-state index < -0.39 is 5.41 Å². The summed E-state index contributed by atoms with van der Waals surface area (Å²) >= 11 is 1.64. The normalized spacial score (nSPS) is 17.5. The second-order valence-corrected chi connectivity index (χ2v) is 5.32. The number of nitrogens with zero attached hydrogens (tertiary/aromatic N) is 1. The van der Waals surface area contributed by atoms with Gasteiger partial charge in [-0.05, 0) is 36.2 Å². The molecule has 1 aliphatic rings. The van der Waals surface area contributed by atoms with Gasteiger partial charge >= 0.3 is 0 Å². The maximum atomic E-state index is 12.4. The summed E-state index contributed by atoms with van der Waals surface area (Å²) < 4.78 is 5.26. The highest BCUT2D eigenvalue weighted by molar-refractivity contribution is 7.08. The summed E-state index contributed by atoms with van der Waals surface area (Å²) in [6, 6.07) is 2.03. The number of morpholine rings is 1. The molecular formula is C12H17NO2S. The second kappa shape index (κ2) is 4.55. The van der Waals surface area contributed by atoms with Crippen LogP contribution in [0, 0.1) is 0 Å². The molecule has 0 spiro atoms. The molecule has 0 aliphatic carbocycles. The van der Waals surface area contributed by atoms with Gasteiger partial charge in [0, 0.05) is 13.1 Å². The molecular weight excluding hydrogens is 222 g/mol. The van der Waals surface area contributed by atoms with Crippen LogP contribution in [0.3, 0.4) is 0 Å². The minimum absolute atomic E-state index is 0.203. The maximum absolute atomic E-state index is 12.4. The molecule has 1 aliphatic heterocycles. The van der Waals surface area contributed by atoms with Gasteiger partial charge in [-0.3, -0.25) is 4.79 Å². The number of hydrogen-bond donors (Lipinski definition) is 0. The van der Waals surface area contributed by atoms with Crippen molar-refractivity contribution >= 4 is 17.2 Å². The first kappa shape index (κ1) is 11.6. The van der Waals surface area contributed by atoms with E-state index in [9.17, 15) is 4.79 Å². The number of hydrogen-bond acceptors (Lipinski definition) is 3. The lowest BCUT2D eigenvalue weighted by Gasteiger charge is -2.34. The zero-order valence-corrected chi connectivity index (χ0v) is 10.5. The summed E-state index contributed by atoms with van der Waals surface area (Å²) in [5.74, 6) is 0.203. The lowest BCUT2D eigenvalue weighted by atomic mass is 9.85. The van der Waals surface area contributed by atoms with E-state index in [-0.39, 0.29) is 5.91 Å². The Morgan fingerprint density at radius 2 is 2.12 bits per heavy atom. The summed E-state index contributed by atoms with van der Waals surface area (Å²) in [4.78, 5) is 14.3. The van der Waals surface area contributed by atoms with Crippen molar-refractivity contribution in [2.75, 3.05) is 26.3 Å². The molecule has 16 heavy (non-hydrogen) atoms. The van der Waals surface area contributed by atoms with E-state index in [0.717, 1.165) is 5.56 Å². The molecule has 0 aromatic carbocycles. The van der Waals surface area contributed by atoms with Crippen molar-refractivity contribution in [3.63, 3.8) is 0 Å². The van der Waals surface area contributed by atoms with Crippen LogP contribution >= 0.6 is 11.3 Å². The van der Waals surface area contributed by atoms with Gasteiger partial charge in [-0.1, -0.05) is 0 Å². The molecule has 2 heterocycles. The Bertz CT molecular complexity index is 353. The van der Waals surface area contributed by atoms with Gasteiger partial charge in [0.2, 0.25) is 5.91 Å². The summed E-state index contributed by atoms with van der Waals surface area (Å²) in [5.41, 5.74) is 0.686. The number of thiophene rings is 1. The third-order valence-corrected chi connectivity index (χ3v) is 3.76. The number of amides is 1. The quantitative estimate of drug-likeness (QED) is 0.788. The maximum Gasteiger partial charge on any atom is 0.232 e. The van der Waals surface area contributed by atoms with Crippen LogP contribution in [0.25, 0.3) is 0 Å². The van der Waals surface area contributed by atoms with Crippen molar-refractivity contribution in [2.45, 2.75) is 19.3 Å². The minimum atomic E-state index is -0.419. The molecule has 0 bridgehead atoms. The van der Waals surface area contributed by atoms with E-state index in [1.807, 2.05) is 30.2 Å². The van der Waals surface area contributed by atoms with Crippen LogP contribution in [-0.2, 0) is 14.9 Å². The number of carbonyl (C=O) groups is 1. The molecule has 4 heteroatoms. The highest BCUT2D eigenvalue weighted by atomic mass is 32.1. The summed E-state index contributed by atoms with van der Waals surface area (Å²) in [5, 5.41) is 4.07. The summed E-state index contributed by atoms with van der Waals surface area (Å²) in [7, 11) is 0. The Kier molecular flexibility index (Phi) is 3.30. The van der Waals surface area contributed by atoms with Gasteiger partial charge in [0.15, 0.2) is 0 Å². The highest BCUT2D eigenvalue weighted by Gasteiger charge is 2.34. The molecule has 1 aromatic heterocycles. The molecule has 0 N–H and O–H groups in total. The van der Waals surface area contributed by atoms with Crippen LogP contribution in [0.1, 0.15) is 19.4 Å². The first-order valence-corrected chi connectivity index (χ1v) is 6.46. The smallest absolute Gasteiger partial charge is 0.232 e. The van der Waals surface area contributed by atoms with Crippen molar-refractivity contribution in [3.05, 3.63) is 22.4 Å². The predicted octanol–water partition coefficient (Wildman–Crippen LogP) is 1.88. The molecule has 3 nitrogen and oxygen atoms in total. The van der Waals surface area contributed by atoms with E-state index in [0.29, 0.717) is 26.3 Å². The number of rotatable bonds is 2. The first-order chi connectivity index (χ1) is 7.62. The average Bonchev–Trinajstić information content (AvgIpc) is 2.83. The van der Waals surface area contributed by atoms with Gasteiger partial charge in [0.25, 0.3) is 0 Å². The monoisotopic (exact) mass is 239 g/mol. The second-order valence-electron chi connectivity index (χ2n) is 4.54. The van der Waals surface area contributed by atoms with Gasteiger partial charge in [-0.15, -0.1) is 0 Å². The lowest BCUT2D eigenvalue weighted by molar-refractivity contribution is -0.140. The first-order valence-electron chi connectivity index (χ1n) is 5.52. The van der Waals surface area contributed by atoms with Crippen LogP contribution in [0.2, 0.25) is 0 Å². The number of carbonyl (C=O) groups excluding carboxylic acids is 1. The van der Waals surface area contributed by atoms with Crippen molar-refractivity contribution in [2.24, 2.45) is 0 Å². The molecule has 0 atom stereocenters. The summed E-state index contributed by atoms with van der Waals surface area (Å²) in [6.45, 7) is 6.73. The highest BCUT2D eigenvalue weighted by Crippen LogP contribution is 2.27. The fourth-order valence-electron chi connectivity index (χ4n) is 1.91. The van der Waals surface area contributed by atoms with Crippen LogP contribution in [0.15, 0.2) is 16.8 Å². The van der Waals surface area contributed by atoms with Crippen LogP contribution < -0.4 is 0 Å². The van der Waals surface area contributed by atoms with Crippen LogP contribution in [0.4, 0.5) is 0 Å². The molecule has 0 radical (unpaired) electrons. The molecule has 88 valence electrons.